The zero-order chi connectivity index (χ0) is 12.5. The number of hydrogen-bond donors (Lipinski definition) is 1. The van der Waals surface area contributed by atoms with E-state index in [0.29, 0.717) is 16.1 Å². The van der Waals surface area contributed by atoms with E-state index in [1.807, 2.05) is 12.1 Å². The zero-order valence-electron chi connectivity index (χ0n) is 9.61. The Balaban J connectivity index is 1.87. The van der Waals surface area contributed by atoms with Crippen LogP contribution in [0.4, 0.5) is 0 Å². The highest BCUT2D eigenvalue weighted by molar-refractivity contribution is 6.34. The smallest absolute Gasteiger partial charge is 0.0783 e. The van der Waals surface area contributed by atoms with Gasteiger partial charge < -0.3 is 5.32 Å². The number of hydrogen-bond acceptors (Lipinski definition) is 3. The van der Waals surface area contributed by atoms with Gasteiger partial charge >= 0.3 is 0 Å². The van der Waals surface area contributed by atoms with E-state index in [0.717, 1.165) is 17.9 Å². The third kappa shape index (κ3) is 2.66. The van der Waals surface area contributed by atoms with Crippen molar-refractivity contribution in [2.45, 2.75) is 25.4 Å². The van der Waals surface area contributed by atoms with Gasteiger partial charge in [0.1, 0.15) is 0 Å². The second-order valence-electron chi connectivity index (χ2n) is 4.42. The monoisotopic (exact) mass is 282 g/mol. The third-order valence-corrected chi connectivity index (χ3v) is 3.30. The van der Waals surface area contributed by atoms with Crippen LogP contribution in [0.3, 0.4) is 0 Å². The molecule has 94 valence electrons. The van der Waals surface area contributed by atoms with Crippen molar-refractivity contribution in [1.29, 1.82) is 0 Å². The van der Waals surface area contributed by atoms with Crippen molar-refractivity contribution in [2.24, 2.45) is 0 Å². The predicted molar refractivity (Wildman–Crippen MR) is 71.2 cm³/mol. The molecular weight excluding hydrogens is 271 g/mol. The van der Waals surface area contributed by atoms with Gasteiger partial charge in [0.05, 0.1) is 17.6 Å². The summed E-state index contributed by atoms with van der Waals surface area (Å²) in [6, 6.07) is 5.99. The maximum atomic E-state index is 6.00. The second-order valence-corrected chi connectivity index (χ2v) is 5.29. The van der Waals surface area contributed by atoms with Crippen LogP contribution in [0.2, 0.25) is 10.0 Å². The van der Waals surface area contributed by atoms with Gasteiger partial charge in [-0.05, 0) is 31.0 Å². The quantitative estimate of drug-likeness (QED) is 0.938. The largest absolute Gasteiger partial charge is 0.308 e. The summed E-state index contributed by atoms with van der Waals surface area (Å²) in [5.41, 5.74) is 1.83. The zero-order valence-corrected chi connectivity index (χ0v) is 11.1. The van der Waals surface area contributed by atoms with Gasteiger partial charge in [-0.15, -0.1) is 5.10 Å². The van der Waals surface area contributed by atoms with Crippen LogP contribution in [0.5, 0.6) is 0 Å². The molecule has 0 aliphatic heterocycles. The van der Waals surface area contributed by atoms with Crippen LogP contribution in [0.1, 0.15) is 18.5 Å². The topological polar surface area (TPSA) is 42.7 Å². The Hall–Kier alpha value is -1.10. The molecule has 1 aliphatic carbocycles. The Morgan fingerprint density at radius 1 is 1.22 bits per heavy atom. The summed E-state index contributed by atoms with van der Waals surface area (Å²) in [5.74, 6) is 0. The molecule has 0 radical (unpaired) electrons. The first-order valence-electron chi connectivity index (χ1n) is 5.82. The summed E-state index contributed by atoms with van der Waals surface area (Å²) in [7, 11) is 0. The molecule has 0 amide bonds. The van der Waals surface area contributed by atoms with E-state index in [2.05, 4.69) is 15.6 Å². The Kier molecular flexibility index (Phi) is 3.24. The fourth-order valence-corrected chi connectivity index (χ4v) is 2.31. The SMILES string of the molecule is Clc1cc(Cl)cc(-n2nncc2CNC2CC2)c1. The van der Waals surface area contributed by atoms with Crippen LogP contribution in [0.15, 0.2) is 24.4 Å². The van der Waals surface area contributed by atoms with Crippen molar-refractivity contribution >= 4 is 23.2 Å². The molecule has 4 nitrogen and oxygen atoms in total. The normalized spacial score (nSPS) is 15.0. The van der Waals surface area contributed by atoms with E-state index in [9.17, 15) is 0 Å². The van der Waals surface area contributed by atoms with Gasteiger partial charge in [0.25, 0.3) is 0 Å². The molecule has 2 aromatic rings. The van der Waals surface area contributed by atoms with E-state index in [1.54, 1.807) is 16.9 Å². The van der Waals surface area contributed by atoms with Crippen molar-refractivity contribution in [2.75, 3.05) is 0 Å². The lowest BCUT2D eigenvalue weighted by Gasteiger charge is -2.07. The van der Waals surface area contributed by atoms with Crippen LogP contribution in [-0.4, -0.2) is 21.0 Å². The fraction of sp³-hybridized carbons (Fsp3) is 0.333. The van der Waals surface area contributed by atoms with E-state index in [1.165, 1.54) is 12.8 Å². The molecule has 1 aromatic carbocycles. The molecule has 0 bridgehead atoms. The molecule has 0 saturated heterocycles. The first kappa shape index (κ1) is 12.0. The van der Waals surface area contributed by atoms with Gasteiger partial charge in [0, 0.05) is 22.6 Å². The molecule has 1 aromatic heterocycles. The van der Waals surface area contributed by atoms with Crippen LogP contribution >= 0.6 is 23.2 Å². The average molecular weight is 283 g/mol. The summed E-state index contributed by atoms with van der Waals surface area (Å²) in [5, 5.41) is 12.6. The molecule has 1 aliphatic rings. The minimum Gasteiger partial charge on any atom is -0.308 e. The molecule has 0 spiro atoms. The number of aromatic nitrogens is 3. The van der Waals surface area contributed by atoms with Gasteiger partial charge in [-0.1, -0.05) is 28.4 Å². The lowest BCUT2D eigenvalue weighted by Crippen LogP contribution is -2.18. The molecule has 1 fully saturated rings. The summed E-state index contributed by atoms with van der Waals surface area (Å²) in [6.45, 7) is 0.752. The predicted octanol–water partition coefficient (Wildman–Crippen LogP) is 2.83. The first-order chi connectivity index (χ1) is 8.72. The third-order valence-electron chi connectivity index (χ3n) is 2.86. The lowest BCUT2D eigenvalue weighted by atomic mass is 10.3. The lowest BCUT2D eigenvalue weighted by molar-refractivity contribution is 0.647. The number of rotatable bonds is 4. The Bertz CT molecular complexity index is 543. The molecule has 1 heterocycles. The maximum Gasteiger partial charge on any atom is 0.0783 e. The average Bonchev–Trinajstić information content (AvgIpc) is 3.02. The Morgan fingerprint density at radius 2 is 1.94 bits per heavy atom. The van der Waals surface area contributed by atoms with Gasteiger partial charge in [-0.25, -0.2) is 4.68 Å². The number of halogens is 2. The molecule has 0 atom stereocenters. The number of nitrogens with zero attached hydrogens (tertiary/aromatic N) is 3. The van der Waals surface area contributed by atoms with Crippen molar-refractivity contribution in [3.05, 3.63) is 40.1 Å². The Morgan fingerprint density at radius 3 is 2.61 bits per heavy atom. The highest BCUT2D eigenvalue weighted by atomic mass is 35.5. The van der Waals surface area contributed by atoms with Gasteiger partial charge in [-0.3, -0.25) is 0 Å². The van der Waals surface area contributed by atoms with E-state index in [4.69, 9.17) is 23.2 Å². The summed E-state index contributed by atoms with van der Waals surface area (Å²) in [6.07, 6.45) is 4.26. The van der Waals surface area contributed by atoms with Crippen molar-refractivity contribution < 1.29 is 0 Å². The van der Waals surface area contributed by atoms with Crippen molar-refractivity contribution in [3.8, 4) is 5.69 Å². The number of benzene rings is 1. The Labute approximate surface area is 115 Å². The summed E-state index contributed by atoms with van der Waals surface area (Å²) in [4.78, 5) is 0. The highest BCUT2D eigenvalue weighted by Crippen LogP contribution is 2.23. The molecule has 0 unspecified atom stereocenters. The molecular formula is C12H12Cl2N4. The van der Waals surface area contributed by atoms with Gasteiger partial charge in [0.2, 0.25) is 0 Å². The minimum atomic E-state index is 0.592. The number of nitrogens with one attached hydrogen (secondary N) is 1. The van der Waals surface area contributed by atoms with Crippen LogP contribution in [0.25, 0.3) is 5.69 Å². The molecule has 6 heteroatoms. The van der Waals surface area contributed by atoms with Crippen LogP contribution in [0, 0.1) is 0 Å². The van der Waals surface area contributed by atoms with E-state index < -0.39 is 0 Å². The minimum absolute atomic E-state index is 0.592. The molecule has 1 saturated carbocycles. The standard InChI is InChI=1S/C12H12Cl2N4/c13-8-3-9(14)5-11(4-8)18-12(7-16-17-18)6-15-10-1-2-10/h3-5,7,10,15H,1-2,6H2. The summed E-state index contributed by atoms with van der Waals surface area (Å²) < 4.78 is 1.76. The highest BCUT2D eigenvalue weighted by Gasteiger charge is 2.21. The van der Waals surface area contributed by atoms with Crippen molar-refractivity contribution in [1.82, 2.24) is 20.3 Å². The summed E-state index contributed by atoms with van der Waals surface area (Å²) >= 11 is 12.0. The van der Waals surface area contributed by atoms with Crippen molar-refractivity contribution in [3.63, 3.8) is 0 Å². The molecule has 1 N–H and O–H groups in total. The molecule has 18 heavy (non-hydrogen) atoms. The van der Waals surface area contributed by atoms with Gasteiger partial charge in [0.15, 0.2) is 0 Å². The fourth-order valence-electron chi connectivity index (χ4n) is 1.79. The van der Waals surface area contributed by atoms with Crippen LogP contribution in [-0.2, 0) is 6.54 Å². The van der Waals surface area contributed by atoms with Crippen LogP contribution < -0.4 is 5.32 Å². The molecule has 3 rings (SSSR count). The van der Waals surface area contributed by atoms with E-state index >= 15 is 0 Å². The second kappa shape index (κ2) is 4.88. The van der Waals surface area contributed by atoms with Gasteiger partial charge in [-0.2, -0.15) is 0 Å². The first-order valence-corrected chi connectivity index (χ1v) is 6.57. The van der Waals surface area contributed by atoms with E-state index in [-0.39, 0.29) is 0 Å². The maximum absolute atomic E-state index is 6.00.